The second-order valence-electron chi connectivity index (χ2n) is 5.82. The highest BCUT2D eigenvalue weighted by Gasteiger charge is 2.14. The first kappa shape index (κ1) is 18.7. The molecule has 0 saturated heterocycles. The number of benzene rings is 1. The van der Waals surface area contributed by atoms with Gasteiger partial charge in [-0.15, -0.1) is 0 Å². The first-order valence-electron chi connectivity index (χ1n) is 8.38. The topological polar surface area (TPSA) is 63.9 Å². The molecule has 25 heavy (non-hydrogen) atoms. The maximum Gasteiger partial charge on any atom is 0.317 e. The third kappa shape index (κ3) is 5.17. The molecule has 6 heteroatoms. The van der Waals surface area contributed by atoms with Crippen LogP contribution in [0.5, 0.6) is 11.5 Å². The number of rotatable bonds is 8. The third-order valence-electron chi connectivity index (χ3n) is 3.70. The number of carbonyl (C=O) groups is 1. The van der Waals surface area contributed by atoms with E-state index in [1.54, 1.807) is 19.1 Å². The van der Waals surface area contributed by atoms with Gasteiger partial charge in [-0.1, -0.05) is 19.1 Å². The predicted molar refractivity (Wildman–Crippen MR) is 95.9 cm³/mol. The number of nitrogens with zero attached hydrogens (tertiary/aromatic N) is 1. The molecule has 1 heterocycles. The molecule has 2 aromatic rings. The number of para-hydroxylation sites is 1. The number of furan rings is 1. The van der Waals surface area contributed by atoms with Crippen molar-refractivity contribution in [2.45, 2.75) is 33.4 Å². The van der Waals surface area contributed by atoms with Crippen LogP contribution < -0.4 is 14.8 Å². The Morgan fingerprint density at radius 1 is 1.28 bits per heavy atom. The molecular weight excluding hydrogens is 320 g/mol. The molecule has 0 saturated carbocycles. The Bertz CT molecular complexity index is 696. The van der Waals surface area contributed by atoms with Crippen molar-refractivity contribution in [3.8, 4) is 11.5 Å². The monoisotopic (exact) mass is 346 g/mol. The normalized spacial score (nSPS) is 10.4. The minimum atomic E-state index is -0.182. The molecule has 2 rings (SSSR count). The van der Waals surface area contributed by atoms with E-state index in [2.05, 4.69) is 5.32 Å². The molecule has 6 nitrogen and oxygen atoms in total. The average molecular weight is 346 g/mol. The maximum absolute atomic E-state index is 12.3. The fraction of sp³-hybridized carbons (Fsp3) is 0.421. The molecule has 0 radical (unpaired) electrons. The van der Waals surface area contributed by atoms with Crippen LogP contribution >= 0.6 is 0 Å². The molecular formula is C19H26N2O4. The van der Waals surface area contributed by atoms with Crippen LogP contribution in [0.1, 0.15) is 30.4 Å². The first-order valence-corrected chi connectivity index (χ1v) is 8.38. The lowest BCUT2D eigenvalue weighted by molar-refractivity contribution is 0.202. The van der Waals surface area contributed by atoms with E-state index in [1.807, 2.05) is 44.2 Å². The summed E-state index contributed by atoms with van der Waals surface area (Å²) in [6.45, 7) is 5.29. The summed E-state index contributed by atoms with van der Waals surface area (Å²) in [5.74, 6) is 2.93. The van der Waals surface area contributed by atoms with Crippen molar-refractivity contribution in [1.29, 1.82) is 0 Å². The number of urea groups is 1. The number of methoxy groups -OCH3 is 1. The van der Waals surface area contributed by atoms with Gasteiger partial charge in [0.2, 0.25) is 0 Å². The van der Waals surface area contributed by atoms with E-state index in [1.165, 1.54) is 0 Å². The molecule has 0 spiro atoms. The molecule has 2 amide bonds. The number of carbonyl (C=O) groups excluding carboxylic acids is 1. The number of ether oxygens (including phenoxy) is 2. The van der Waals surface area contributed by atoms with Crippen molar-refractivity contribution in [2.75, 3.05) is 20.8 Å². The molecule has 1 aromatic heterocycles. The molecule has 1 N–H and O–H groups in total. The van der Waals surface area contributed by atoms with Gasteiger partial charge in [-0.25, -0.2) is 4.79 Å². The second-order valence-corrected chi connectivity index (χ2v) is 5.82. The minimum Gasteiger partial charge on any atom is -0.493 e. The van der Waals surface area contributed by atoms with Crippen molar-refractivity contribution >= 4 is 6.03 Å². The number of hydrogen-bond donors (Lipinski definition) is 1. The zero-order valence-electron chi connectivity index (χ0n) is 15.3. The minimum absolute atomic E-state index is 0.182. The molecule has 0 aliphatic rings. The number of aryl methyl sites for hydroxylation is 1. The van der Waals surface area contributed by atoms with Crippen LogP contribution in [0.2, 0.25) is 0 Å². The maximum atomic E-state index is 12.3. The fourth-order valence-corrected chi connectivity index (χ4v) is 2.41. The smallest absolute Gasteiger partial charge is 0.317 e. The Labute approximate surface area is 148 Å². The highest BCUT2D eigenvalue weighted by Crippen LogP contribution is 2.31. The zero-order chi connectivity index (χ0) is 18.2. The van der Waals surface area contributed by atoms with Gasteiger partial charge < -0.3 is 24.1 Å². The van der Waals surface area contributed by atoms with Crippen molar-refractivity contribution < 1.29 is 18.7 Å². The Hall–Kier alpha value is -2.63. The van der Waals surface area contributed by atoms with Crippen LogP contribution in [-0.4, -0.2) is 31.7 Å². The number of nitrogens with one attached hydrogen (secondary N) is 1. The van der Waals surface area contributed by atoms with Crippen LogP contribution in [0.4, 0.5) is 4.79 Å². The van der Waals surface area contributed by atoms with E-state index < -0.39 is 0 Å². The molecule has 136 valence electrons. The first-order chi connectivity index (χ1) is 12.0. The highest BCUT2D eigenvalue weighted by molar-refractivity contribution is 5.74. The predicted octanol–water partition coefficient (Wildman–Crippen LogP) is 3.73. The van der Waals surface area contributed by atoms with Gasteiger partial charge in [0, 0.05) is 19.2 Å². The van der Waals surface area contributed by atoms with Crippen molar-refractivity contribution in [1.82, 2.24) is 10.2 Å². The van der Waals surface area contributed by atoms with Crippen molar-refractivity contribution in [2.24, 2.45) is 0 Å². The van der Waals surface area contributed by atoms with Crippen molar-refractivity contribution in [3.63, 3.8) is 0 Å². The Morgan fingerprint density at radius 2 is 2.08 bits per heavy atom. The summed E-state index contributed by atoms with van der Waals surface area (Å²) in [5.41, 5.74) is 0.878. The van der Waals surface area contributed by atoms with Gasteiger partial charge in [0.05, 0.1) is 20.3 Å². The number of hydrogen-bond acceptors (Lipinski definition) is 4. The summed E-state index contributed by atoms with van der Waals surface area (Å²) in [6.07, 6.45) is 0.898. The summed E-state index contributed by atoms with van der Waals surface area (Å²) < 4.78 is 16.7. The van der Waals surface area contributed by atoms with Gasteiger partial charge in [-0.3, -0.25) is 0 Å². The van der Waals surface area contributed by atoms with Gasteiger partial charge >= 0.3 is 6.03 Å². The average Bonchev–Trinajstić information content (AvgIpc) is 3.02. The second kappa shape index (κ2) is 9.01. The van der Waals surface area contributed by atoms with Crippen LogP contribution in [-0.2, 0) is 13.1 Å². The lowest BCUT2D eigenvalue weighted by Crippen LogP contribution is -2.36. The van der Waals surface area contributed by atoms with Crippen molar-refractivity contribution in [3.05, 3.63) is 47.4 Å². The van der Waals surface area contributed by atoms with E-state index in [4.69, 9.17) is 13.9 Å². The van der Waals surface area contributed by atoms with Crippen LogP contribution in [0, 0.1) is 6.92 Å². The van der Waals surface area contributed by atoms with Gasteiger partial charge in [0.15, 0.2) is 11.5 Å². The highest BCUT2D eigenvalue weighted by atomic mass is 16.5. The molecule has 0 atom stereocenters. The molecule has 1 aromatic carbocycles. The molecule has 0 aliphatic heterocycles. The van der Waals surface area contributed by atoms with Crippen LogP contribution in [0.25, 0.3) is 0 Å². The lowest BCUT2D eigenvalue weighted by Gasteiger charge is -2.18. The van der Waals surface area contributed by atoms with Gasteiger partial charge in [-0.2, -0.15) is 0 Å². The third-order valence-corrected chi connectivity index (χ3v) is 3.70. The van der Waals surface area contributed by atoms with E-state index in [9.17, 15) is 4.79 Å². The van der Waals surface area contributed by atoms with Gasteiger partial charge in [0.25, 0.3) is 0 Å². The Balaban J connectivity index is 1.98. The largest absolute Gasteiger partial charge is 0.493 e. The summed E-state index contributed by atoms with van der Waals surface area (Å²) in [4.78, 5) is 13.9. The van der Waals surface area contributed by atoms with Gasteiger partial charge in [-0.05, 0) is 31.5 Å². The summed E-state index contributed by atoms with van der Waals surface area (Å²) >= 11 is 0. The van der Waals surface area contributed by atoms with Crippen LogP contribution in [0.3, 0.4) is 0 Å². The molecule has 0 fully saturated rings. The summed E-state index contributed by atoms with van der Waals surface area (Å²) in [6, 6.07) is 9.23. The molecule has 0 unspecified atom stereocenters. The summed E-state index contributed by atoms with van der Waals surface area (Å²) in [5, 5.41) is 2.90. The quantitative estimate of drug-likeness (QED) is 0.791. The standard InChI is InChI=1S/C19H26N2O4/c1-5-11-24-18-15(7-6-8-17(18)23-4)12-20-19(22)21(3)13-16-10-9-14(2)25-16/h6-10H,5,11-13H2,1-4H3,(H,20,22). The number of amides is 2. The lowest BCUT2D eigenvalue weighted by atomic mass is 10.2. The Kier molecular flexibility index (Phi) is 6.74. The Morgan fingerprint density at radius 3 is 2.72 bits per heavy atom. The SMILES string of the molecule is CCCOc1c(CNC(=O)N(C)Cc2ccc(C)o2)cccc1OC. The fourth-order valence-electron chi connectivity index (χ4n) is 2.41. The van der Waals surface area contributed by atoms with E-state index >= 15 is 0 Å². The van der Waals surface area contributed by atoms with Gasteiger partial charge in [0.1, 0.15) is 11.5 Å². The summed E-state index contributed by atoms with van der Waals surface area (Å²) in [7, 11) is 3.34. The molecule has 0 bridgehead atoms. The zero-order valence-corrected chi connectivity index (χ0v) is 15.3. The van der Waals surface area contributed by atoms with E-state index in [0.717, 1.165) is 23.5 Å². The van der Waals surface area contributed by atoms with Crippen LogP contribution in [0.15, 0.2) is 34.7 Å². The van der Waals surface area contributed by atoms with E-state index in [-0.39, 0.29) is 6.03 Å². The van der Waals surface area contributed by atoms with E-state index in [0.29, 0.717) is 31.2 Å². The molecule has 0 aliphatic carbocycles.